The summed E-state index contributed by atoms with van der Waals surface area (Å²) in [7, 11) is 0. The number of hydrogen-bond donors (Lipinski definition) is 1. The Morgan fingerprint density at radius 1 is 1.33 bits per heavy atom. The Morgan fingerprint density at radius 2 is 2.08 bits per heavy atom. The van der Waals surface area contributed by atoms with E-state index in [0.717, 1.165) is 24.2 Å². The normalized spacial score (nSPS) is 17.4. The summed E-state index contributed by atoms with van der Waals surface area (Å²) >= 11 is 0. The van der Waals surface area contributed by atoms with Crippen molar-refractivity contribution >= 4 is 11.9 Å². The second-order valence-electron chi connectivity index (χ2n) is 6.02. The zero-order valence-corrected chi connectivity index (χ0v) is 14.5. The largest absolute Gasteiger partial charge is 0.494 e. The maximum atomic E-state index is 12.9. The quantitative estimate of drug-likeness (QED) is 0.867. The van der Waals surface area contributed by atoms with Crippen LogP contribution in [-0.4, -0.2) is 48.0 Å². The van der Waals surface area contributed by atoms with Gasteiger partial charge in [0.2, 0.25) is 5.91 Å². The fourth-order valence-electron chi connectivity index (χ4n) is 3.12. The summed E-state index contributed by atoms with van der Waals surface area (Å²) in [6, 6.07) is 7.34. The minimum atomic E-state index is -0.447. The number of urea groups is 1. The summed E-state index contributed by atoms with van der Waals surface area (Å²) in [5, 5.41) is 0. The molecule has 132 valence electrons. The first-order valence-corrected chi connectivity index (χ1v) is 8.60. The number of benzene rings is 1. The van der Waals surface area contributed by atoms with Gasteiger partial charge in [0.25, 0.3) is 0 Å². The molecule has 1 aromatic rings. The number of carbonyl (C=O) groups is 2. The summed E-state index contributed by atoms with van der Waals surface area (Å²) in [6.45, 7) is 6.68. The van der Waals surface area contributed by atoms with Gasteiger partial charge in [-0.05, 0) is 32.8 Å². The molecule has 1 saturated heterocycles. The molecule has 0 radical (unpaired) electrons. The molecule has 1 aliphatic heterocycles. The maximum absolute atomic E-state index is 12.9. The molecule has 1 heterocycles. The van der Waals surface area contributed by atoms with E-state index in [1.807, 2.05) is 43.0 Å². The molecule has 1 aromatic carbocycles. The molecule has 0 aromatic heterocycles. The Hall–Kier alpha value is -2.24. The standard InChI is InChI=1S/C18H27N3O3/c1-3-20(12-14-8-5-6-10-16(14)24-4-2)17(22)15-9-7-11-21(13-15)18(19)23/h5-6,8,10,15H,3-4,7,9,11-13H2,1-2H3,(H2,19,23)/t15-/m1/s1. The molecule has 0 saturated carbocycles. The van der Waals surface area contributed by atoms with E-state index in [1.165, 1.54) is 0 Å². The highest BCUT2D eigenvalue weighted by Crippen LogP contribution is 2.23. The van der Waals surface area contributed by atoms with Crippen LogP contribution in [0.1, 0.15) is 32.3 Å². The number of nitrogens with zero attached hydrogens (tertiary/aromatic N) is 2. The first-order chi connectivity index (χ1) is 11.6. The van der Waals surface area contributed by atoms with Crippen molar-refractivity contribution < 1.29 is 14.3 Å². The lowest BCUT2D eigenvalue weighted by atomic mass is 9.96. The number of rotatable bonds is 6. The number of piperidine rings is 1. The van der Waals surface area contributed by atoms with Crippen molar-refractivity contribution in [2.75, 3.05) is 26.2 Å². The predicted octanol–water partition coefficient (Wildman–Crippen LogP) is 2.22. The molecule has 3 amide bonds. The van der Waals surface area contributed by atoms with Crippen molar-refractivity contribution in [1.82, 2.24) is 9.80 Å². The minimum Gasteiger partial charge on any atom is -0.494 e. The summed E-state index contributed by atoms with van der Waals surface area (Å²) in [5.74, 6) is 0.717. The van der Waals surface area contributed by atoms with Gasteiger partial charge in [0, 0.05) is 31.7 Å². The molecule has 0 bridgehead atoms. The van der Waals surface area contributed by atoms with Gasteiger partial charge in [0.05, 0.1) is 12.5 Å². The van der Waals surface area contributed by atoms with E-state index in [-0.39, 0.29) is 11.8 Å². The molecule has 1 aliphatic rings. The van der Waals surface area contributed by atoms with Crippen LogP contribution in [0.3, 0.4) is 0 Å². The summed E-state index contributed by atoms with van der Waals surface area (Å²) < 4.78 is 5.65. The number of amides is 3. The highest BCUT2D eigenvalue weighted by Gasteiger charge is 2.30. The van der Waals surface area contributed by atoms with E-state index >= 15 is 0 Å². The number of ether oxygens (including phenoxy) is 1. The van der Waals surface area contributed by atoms with E-state index in [4.69, 9.17) is 10.5 Å². The van der Waals surface area contributed by atoms with Gasteiger partial charge in [-0.25, -0.2) is 4.79 Å². The van der Waals surface area contributed by atoms with Crippen LogP contribution >= 0.6 is 0 Å². The van der Waals surface area contributed by atoms with Crippen LogP contribution in [0.4, 0.5) is 4.79 Å². The van der Waals surface area contributed by atoms with Crippen molar-refractivity contribution in [3.8, 4) is 5.75 Å². The molecule has 1 atom stereocenters. The fraction of sp³-hybridized carbons (Fsp3) is 0.556. The molecule has 24 heavy (non-hydrogen) atoms. The Morgan fingerprint density at radius 3 is 2.75 bits per heavy atom. The molecule has 6 nitrogen and oxygen atoms in total. The minimum absolute atomic E-state index is 0.0785. The van der Waals surface area contributed by atoms with Crippen LogP contribution in [-0.2, 0) is 11.3 Å². The average Bonchev–Trinajstić information content (AvgIpc) is 2.60. The van der Waals surface area contributed by atoms with Crippen molar-refractivity contribution in [3.05, 3.63) is 29.8 Å². The Bertz CT molecular complexity index is 576. The molecule has 0 unspecified atom stereocenters. The van der Waals surface area contributed by atoms with Crippen LogP contribution in [0.25, 0.3) is 0 Å². The van der Waals surface area contributed by atoms with E-state index < -0.39 is 6.03 Å². The molecular formula is C18H27N3O3. The van der Waals surface area contributed by atoms with Crippen LogP contribution in [0.2, 0.25) is 0 Å². The summed E-state index contributed by atoms with van der Waals surface area (Å²) in [4.78, 5) is 27.6. The zero-order chi connectivity index (χ0) is 17.5. The molecular weight excluding hydrogens is 306 g/mol. The van der Waals surface area contributed by atoms with Crippen LogP contribution in [0.5, 0.6) is 5.75 Å². The van der Waals surface area contributed by atoms with Crippen molar-refractivity contribution in [2.24, 2.45) is 11.7 Å². The summed E-state index contributed by atoms with van der Waals surface area (Å²) in [6.07, 6.45) is 1.61. The number of carbonyl (C=O) groups excluding carboxylic acids is 2. The highest BCUT2D eigenvalue weighted by atomic mass is 16.5. The second-order valence-corrected chi connectivity index (χ2v) is 6.02. The monoisotopic (exact) mass is 333 g/mol. The highest BCUT2D eigenvalue weighted by molar-refractivity contribution is 5.80. The third kappa shape index (κ3) is 4.40. The number of nitrogens with two attached hydrogens (primary N) is 1. The Labute approximate surface area is 143 Å². The van der Waals surface area contributed by atoms with Gasteiger partial charge in [0.1, 0.15) is 5.75 Å². The molecule has 0 aliphatic carbocycles. The summed E-state index contributed by atoms with van der Waals surface area (Å²) in [5.41, 5.74) is 6.36. The molecule has 2 N–H and O–H groups in total. The van der Waals surface area contributed by atoms with Gasteiger partial charge >= 0.3 is 6.03 Å². The lowest BCUT2D eigenvalue weighted by molar-refractivity contribution is -0.137. The van der Waals surface area contributed by atoms with Gasteiger partial charge in [-0.3, -0.25) is 4.79 Å². The average molecular weight is 333 g/mol. The van der Waals surface area contributed by atoms with Gasteiger partial charge in [0.15, 0.2) is 0 Å². The zero-order valence-electron chi connectivity index (χ0n) is 14.5. The molecule has 2 rings (SSSR count). The number of primary amides is 1. The third-order valence-electron chi connectivity index (χ3n) is 4.41. The fourth-order valence-corrected chi connectivity index (χ4v) is 3.12. The number of hydrogen-bond acceptors (Lipinski definition) is 3. The SMILES string of the molecule is CCOc1ccccc1CN(CC)C(=O)[C@@H]1CCCN(C(N)=O)C1. The number of para-hydroxylation sites is 1. The van der Waals surface area contributed by atoms with E-state index in [9.17, 15) is 9.59 Å². The van der Waals surface area contributed by atoms with Crippen LogP contribution in [0, 0.1) is 5.92 Å². The molecule has 0 spiro atoms. The lowest BCUT2D eigenvalue weighted by Gasteiger charge is -2.34. The van der Waals surface area contributed by atoms with Gasteiger partial charge in [-0.1, -0.05) is 18.2 Å². The predicted molar refractivity (Wildman–Crippen MR) is 92.6 cm³/mol. The van der Waals surface area contributed by atoms with Gasteiger partial charge in [-0.2, -0.15) is 0 Å². The van der Waals surface area contributed by atoms with Gasteiger partial charge < -0.3 is 20.3 Å². The first-order valence-electron chi connectivity index (χ1n) is 8.60. The van der Waals surface area contributed by atoms with E-state index in [1.54, 1.807) is 4.90 Å². The van der Waals surface area contributed by atoms with E-state index in [0.29, 0.717) is 32.8 Å². The molecule has 6 heteroatoms. The lowest BCUT2D eigenvalue weighted by Crippen LogP contribution is -2.48. The first kappa shape index (κ1) is 18.1. The van der Waals surface area contributed by atoms with Gasteiger partial charge in [-0.15, -0.1) is 0 Å². The Balaban J connectivity index is 2.08. The Kier molecular flexibility index (Phi) is 6.46. The van der Waals surface area contributed by atoms with Crippen LogP contribution in [0.15, 0.2) is 24.3 Å². The smallest absolute Gasteiger partial charge is 0.314 e. The van der Waals surface area contributed by atoms with Crippen LogP contribution < -0.4 is 10.5 Å². The van der Waals surface area contributed by atoms with Crippen molar-refractivity contribution in [3.63, 3.8) is 0 Å². The van der Waals surface area contributed by atoms with Crippen molar-refractivity contribution in [1.29, 1.82) is 0 Å². The third-order valence-corrected chi connectivity index (χ3v) is 4.41. The van der Waals surface area contributed by atoms with E-state index in [2.05, 4.69) is 0 Å². The number of likely N-dealkylation sites (tertiary alicyclic amines) is 1. The topological polar surface area (TPSA) is 75.9 Å². The van der Waals surface area contributed by atoms with Crippen molar-refractivity contribution in [2.45, 2.75) is 33.2 Å². The second kappa shape index (κ2) is 8.57. The molecule has 1 fully saturated rings. The maximum Gasteiger partial charge on any atom is 0.314 e.